The second-order valence-electron chi connectivity index (χ2n) is 6.61. The third kappa shape index (κ3) is 3.88. The summed E-state index contributed by atoms with van der Waals surface area (Å²) < 4.78 is 2.40. The Morgan fingerprint density at radius 3 is 2.38 bits per heavy atom. The van der Waals surface area contributed by atoms with Crippen molar-refractivity contribution < 1.29 is 0 Å². The Hall–Kier alpha value is -0.830. The van der Waals surface area contributed by atoms with Gasteiger partial charge in [0.25, 0.3) is 0 Å². The van der Waals surface area contributed by atoms with E-state index < -0.39 is 0 Å². The second-order valence-corrected chi connectivity index (χ2v) is 6.61. The Kier molecular flexibility index (Phi) is 6.28. The number of nitrogens with one attached hydrogen (secondary N) is 1. The Morgan fingerprint density at radius 2 is 1.81 bits per heavy atom. The van der Waals surface area contributed by atoms with E-state index in [1.165, 1.54) is 49.1 Å². The minimum absolute atomic E-state index is 0.640. The first-order valence-corrected chi connectivity index (χ1v) is 9.00. The fourth-order valence-electron chi connectivity index (χ4n) is 3.60. The molecule has 0 saturated heterocycles. The summed E-state index contributed by atoms with van der Waals surface area (Å²) in [4.78, 5) is 0. The summed E-state index contributed by atoms with van der Waals surface area (Å²) in [6.45, 7) is 11.2. The van der Waals surface area contributed by atoms with Crippen LogP contribution in [-0.2, 0) is 19.4 Å². The molecule has 3 nitrogen and oxygen atoms in total. The molecule has 0 atom stereocenters. The molecule has 21 heavy (non-hydrogen) atoms. The first-order chi connectivity index (χ1) is 10.2. The number of hydrogen-bond acceptors (Lipinski definition) is 2. The summed E-state index contributed by atoms with van der Waals surface area (Å²) >= 11 is 0. The third-order valence-electron chi connectivity index (χ3n) is 4.93. The minimum atomic E-state index is 0.640. The Morgan fingerprint density at radius 1 is 1.10 bits per heavy atom. The zero-order chi connectivity index (χ0) is 15.2. The maximum atomic E-state index is 5.00. The van der Waals surface area contributed by atoms with Gasteiger partial charge in [-0.05, 0) is 57.4 Å². The lowest BCUT2D eigenvalue weighted by Gasteiger charge is -2.27. The Labute approximate surface area is 130 Å². The fourth-order valence-corrected chi connectivity index (χ4v) is 3.60. The Bertz CT molecular complexity index is 428. The van der Waals surface area contributed by atoms with Crippen LogP contribution in [0, 0.1) is 5.92 Å². The van der Waals surface area contributed by atoms with Crippen LogP contribution < -0.4 is 5.32 Å². The fraction of sp³-hybridized carbons (Fsp3) is 0.833. The summed E-state index contributed by atoms with van der Waals surface area (Å²) in [6, 6.07) is 0.640. The summed E-state index contributed by atoms with van der Waals surface area (Å²) in [7, 11) is 0. The molecule has 1 aromatic heterocycles. The van der Waals surface area contributed by atoms with Gasteiger partial charge in [0.2, 0.25) is 0 Å². The normalized spacial score (nSPS) is 22.7. The van der Waals surface area contributed by atoms with Crippen molar-refractivity contribution >= 4 is 0 Å². The number of rotatable bonds is 7. The number of hydrogen-bond donors (Lipinski definition) is 1. The Balaban J connectivity index is 2.20. The maximum absolute atomic E-state index is 5.00. The standard InChI is InChI=1S/C18H33N3/c1-5-12-19-13-16-17(6-2)20-21(18(16)7-3)15-10-8-14(4)9-11-15/h14-15,19H,5-13H2,1-4H3. The highest BCUT2D eigenvalue weighted by atomic mass is 15.3. The molecular formula is C18H33N3. The topological polar surface area (TPSA) is 29.9 Å². The molecule has 1 heterocycles. The van der Waals surface area contributed by atoms with E-state index in [0.29, 0.717) is 6.04 Å². The van der Waals surface area contributed by atoms with Crippen LogP contribution in [0.2, 0.25) is 0 Å². The van der Waals surface area contributed by atoms with Crippen molar-refractivity contribution in [3.63, 3.8) is 0 Å². The monoisotopic (exact) mass is 291 g/mol. The highest BCUT2D eigenvalue weighted by Crippen LogP contribution is 2.33. The molecule has 1 saturated carbocycles. The molecular weight excluding hydrogens is 258 g/mol. The lowest BCUT2D eigenvalue weighted by molar-refractivity contribution is 0.268. The van der Waals surface area contributed by atoms with E-state index in [4.69, 9.17) is 5.10 Å². The van der Waals surface area contributed by atoms with Gasteiger partial charge in [-0.1, -0.05) is 27.7 Å². The van der Waals surface area contributed by atoms with E-state index in [0.717, 1.165) is 31.8 Å². The highest BCUT2D eigenvalue weighted by Gasteiger charge is 2.24. The predicted molar refractivity (Wildman–Crippen MR) is 89.6 cm³/mol. The van der Waals surface area contributed by atoms with Crippen LogP contribution in [0.3, 0.4) is 0 Å². The lowest BCUT2D eigenvalue weighted by Crippen LogP contribution is -2.20. The van der Waals surface area contributed by atoms with Gasteiger partial charge in [0.15, 0.2) is 0 Å². The van der Waals surface area contributed by atoms with E-state index in [1.807, 2.05) is 0 Å². The largest absolute Gasteiger partial charge is 0.313 e. The average Bonchev–Trinajstić information content (AvgIpc) is 2.86. The predicted octanol–water partition coefficient (Wildman–Crippen LogP) is 4.26. The molecule has 0 aliphatic heterocycles. The highest BCUT2D eigenvalue weighted by molar-refractivity contribution is 5.27. The average molecular weight is 291 g/mol. The summed E-state index contributed by atoms with van der Waals surface area (Å²) in [5.41, 5.74) is 4.27. The van der Waals surface area contributed by atoms with Crippen molar-refractivity contribution in [1.82, 2.24) is 15.1 Å². The van der Waals surface area contributed by atoms with Gasteiger partial charge in [-0.2, -0.15) is 5.10 Å². The molecule has 0 bridgehead atoms. The molecule has 1 aliphatic carbocycles. The molecule has 0 spiro atoms. The smallest absolute Gasteiger partial charge is 0.0669 e. The first kappa shape index (κ1) is 16.5. The van der Waals surface area contributed by atoms with Crippen molar-refractivity contribution in [1.29, 1.82) is 0 Å². The van der Waals surface area contributed by atoms with Crippen molar-refractivity contribution in [2.45, 2.75) is 85.2 Å². The first-order valence-electron chi connectivity index (χ1n) is 9.00. The molecule has 1 aromatic rings. The second kappa shape index (κ2) is 7.98. The van der Waals surface area contributed by atoms with E-state index >= 15 is 0 Å². The zero-order valence-electron chi connectivity index (χ0n) is 14.4. The molecule has 2 rings (SSSR count). The van der Waals surface area contributed by atoms with Crippen molar-refractivity contribution in [2.75, 3.05) is 6.54 Å². The van der Waals surface area contributed by atoms with Crippen LogP contribution in [0.25, 0.3) is 0 Å². The van der Waals surface area contributed by atoms with E-state index in [-0.39, 0.29) is 0 Å². The maximum Gasteiger partial charge on any atom is 0.0669 e. The van der Waals surface area contributed by atoms with Gasteiger partial charge in [-0.15, -0.1) is 0 Å². The van der Waals surface area contributed by atoms with Crippen LogP contribution >= 0.6 is 0 Å². The molecule has 120 valence electrons. The quantitative estimate of drug-likeness (QED) is 0.761. The summed E-state index contributed by atoms with van der Waals surface area (Å²) in [6.07, 6.45) is 8.67. The van der Waals surface area contributed by atoms with Crippen LogP contribution in [0.15, 0.2) is 0 Å². The molecule has 1 aliphatic rings. The van der Waals surface area contributed by atoms with Gasteiger partial charge >= 0.3 is 0 Å². The van der Waals surface area contributed by atoms with Gasteiger partial charge in [0, 0.05) is 17.8 Å². The SMILES string of the molecule is CCCNCc1c(CC)nn(C2CCC(C)CC2)c1CC. The van der Waals surface area contributed by atoms with Crippen LogP contribution in [-0.4, -0.2) is 16.3 Å². The molecule has 0 aromatic carbocycles. The number of aromatic nitrogens is 2. The summed E-state index contributed by atoms with van der Waals surface area (Å²) in [5.74, 6) is 0.901. The van der Waals surface area contributed by atoms with E-state index in [1.54, 1.807) is 0 Å². The molecule has 3 heteroatoms. The number of aryl methyl sites for hydroxylation is 1. The van der Waals surface area contributed by atoms with Gasteiger partial charge in [0.1, 0.15) is 0 Å². The van der Waals surface area contributed by atoms with Crippen molar-refractivity contribution in [3.8, 4) is 0 Å². The number of nitrogens with zero attached hydrogens (tertiary/aromatic N) is 2. The van der Waals surface area contributed by atoms with Gasteiger partial charge < -0.3 is 5.32 Å². The zero-order valence-corrected chi connectivity index (χ0v) is 14.4. The minimum Gasteiger partial charge on any atom is -0.313 e. The van der Waals surface area contributed by atoms with Crippen molar-refractivity contribution in [3.05, 3.63) is 17.0 Å². The van der Waals surface area contributed by atoms with Gasteiger partial charge in [-0.3, -0.25) is 4.68 Å². The van der Waals surface area contributed by atoms with E-state index in [2.05, 4.69) is 37.7 Å². The molecule has 1 fully saturated rings. The molecule has 0 unspecified atom stereocenters. The third-order valence-corrected chi connectivity index (χ3v) is 4.93. The lowest BCUT2D eigenvalue weighted by atomic mass is 9.87. The van der Waals surface area contributed by atoms with Crippen LogP contribution in [0.4, 0.5) is 0 Å². The molecule has 1 N–H and O–H groups in total. The van der Waals surface area contributed by atoms with Gasteiger partial charge in [0.05, 0.1) is 11.7 Å². The van der Waals surface area contributed by atoms with Gasteiger partial charge in [-0.25, -0.2) is 0 Å². The summed E-state index contributed by atoms with van der Waals surface area (Å²) in [5, 5.41) is 8.57. The van der Waals surface area contributed by atoms with E-state index in [9.17, 15) is 0 Å². The van der Waals surface area contributed by atoms with Crippen LogP contribution in [0.5, 0.6) is 0 Å². The molecule has 0 radical (unpaired) electrons. The van der Waals surface area contributed by atoms with Crippen molar-refractivity contribution in [2.24, 2.45) is 5.92 Å². The van der Waals surface area contributed by atoms with Crippen LogP contribution in [0.1, 0.15) is 82.8 Å². The molecule has 0 amide bonds.